The van der Waals surface area contributed by atoms with Crippen molar-refractivity contribution in [1.29, 1.82) is 0 Å². The van der Waals surface area contributed by atoms with Gasteiger partial charge in [0.1, 0.15) is 0 Å². The molecular formula is C11H13NO3. The molecule has 0 aliphatic carbocycles. The first-order valence-electron chi connectivity index (χ1n) is 4.80. The number of rotatable bonds is 3. The Morgan fingerprint density at radius 1 is 1.47 bits per heavy atom. The van der Waals surface area contributed by atoms with E-state index in [4.69, 9.17) is 9.47 Å². The van der Waals surface area contributed by atoms with Gasteiger partial charge in [-0.15, -0.1) is 0 Å². The first kappa shape index (κ1) is 9.98. The van der Waals surface area contributed by atoms with E-state index in [0.29, 0.717) is 17.9 Å². The maximum absolute atomic E-state index is 11.6. The lowest BCUT2D eigenvalue weighted by Gasteiger charge is -2.04. The fraction of sp³-hybridized carbons (Fsp3) is 0.364. The number of Topliss-reactive ketones (excluding diaryl/α,β-unsaturated/α-hetero) is 1. The molecule has 0 bridgehead atoms. The molecule has 1 N–H and O–H groups in total. The zero-order valence-electron chi connectivity index (χ0n) is 8.79. The molecule has 0 atom stereocenters. The zero-order valence-corrected chi connectivity index (χ0v) is 8.79. The van der Waals surface area contributed by atoms with Crippen molar-refractivity contribution >= 4 is 5.78 Å². The normalized spacial score (nSPS) is 12.9. The maximum atomic E-state index is 11.6. The molecule has 0 unspecified atom stereocenters. The first-order chi connectivity index (χ1) is 7.22. The molecule has 0 radical (unpaired) electrons. The van der Waals surface area contributed by atoms with Crippen LogP contribution in [0.1, 0.15) is 15.9 Å². The molecular weight excluding hydrogens is 194 g/mol. The molecule has 1 heterocycles. The summed E-state index contributed by atoms with van der Waals surface area (Å²) >= 11 is 0. The van der Waals surface area contributed by atoms with E-state index in [9.17, 15) is 4.79 Å². The predicted molar refractivity (Wildman–Crippen MR) is 55.6 cm³/mol. The number of aryl methyl sites for hydroxylation is 1. The third-order valence-corrected chi connectivity index (χ3v) is 2.32. The van der Waals surface area contributed by atoms with Gasteiger partial charge in [0.25, 0.3) is 0 Å². The highest BCUT2D eigenvalue weighted by molar-refractivity contribution is 5.98. The Hall–Kier alpha value is -1.55. The van der Waals surface area contributed by atoms with E-state index >= 15 is 0 Å². The van der Waals surface area contributed by atoms with Crippen molar-refractivity contribution in [2.45, 2.75) is 6.92 Å². The van der Waals surface area contributed by atoms with Gasteiger partial charge in [-0.1, -0.05) is 0 Å². The summed E-state index contributed by atoms with van der Waals surface area (Å²) < 4.78 is 10.5. The quantitative estimate of drug-likeness (QED) is 0.755. The van der Waals surface area contributed by atoms with Crippen LogP contribution < -0.4 is 14.8 Å². The van der Waals surface area contributed by atoms with Crippen LogP contribution in [-0.2, 0) is 0 Å². The van der Waals surface area contributed by atoms with Crippen molar-refractivity contribution in [3.8, 4) is 11.5 Å². The molecule has 0 amide bonds. The molecule has 4 heteroatoms. The van der Waals surface area contributed by atoms with Crippen molar-refractivity contribution in [3.63, 3.8) is 0 Å². The topological polar surface area (TPSA) is 47.6 Å². The minimum atomic E-state index is 0.0545. The SMILES string of the molecule is CNCC(=O)c1cc(C)c2c(c1)OCO2. The van der Waals surface area contributed by atoms with E-state index in [1.807, 2.05) is 13.0 Å². The third-order valence-electron chi connectivity index (χ3n) is 2.32. The molecule has 0 saturated heterocycles. The van der Waals surface area contributed by atoms with E-state index in [1.165, 1.54) is 0 Å². The summed E-state index contributed by atoms with van der Waals surface area (Å²) in [6.45, 7) is 2.47. The van der Waals surface area contributed by atoms with E-state index in [2.05, 4.69) is 5.32 Å². The minimum Gasteiger partial charge on any atom is -0.454 e. The van der Waals surface area contributed by atoms with Gasteiger partial charge in [0.2, 0.25) is 6.79 Å². The number of ketones is 1. The van der Waals surface area contributed by atoms with E-state index < -0.39 is 0 Å². The highest BCUT2D eigenvalue weighted by atomic mass is 16.7. The lowest BCUT2D eigenvalue weighted by Crippen LogP contribution is -2.18. The molecule has 1 aromatic carbocycles. The molecule has 4 nitrogen and oxygen atoms in total. The number of hydrogen-bond donors (Lipinski definition) is 1. The molecule has 0 fully saturated rings. The van der Waals surface area contributed by atoms with Crippen LogP contribution >= 0.6 is 0 Å². The van der Waals surface area contributed by atoms with Crippen LogP contribution in [0.5, 0.6) is 11.5 Å². The van der Waals surface area contributed by atoms with Crippen LogP contribution in [0.2, 0.25) is 0 Å². The average molecular weight is 207 g/mol. The number of carbonyl (C=O) groups is 1. The first-order valence-corrected chi connectivity index (χ1v) is 4.80. The fourth-order valence-corrected chi connectivity index (χ4v) is 1.61. The van der Waals surface area contributed by atoms with E-state index in [1.54, 1.807) is 13.1 Å². The molecule has 15 heavy (non-hydrogen) atoms. The van der Waals surface area contributed by atoms with Crippen LogP contribution in [0.15, 0.2) is 12.1 Å². The number of nitrogens with one attached hydrogen (secondary N) is 1. The maximum Gasteiger partial charge on any atom is 0.231 e. The van der Waals surface area contributed by atoms with Crippen LogP contribution in [0.3, 0.4) is 0 Å². The Morgan fingerprint density at radius 3 is 3.00 bits per heavy atom. The van der Waals surface area contributed by atoms with Gasteiger partial charge in [-0.2, -0.15) is 0 Å². The molecule has 0 saturated carbocycles. The largest absolute Gasteiger partial charge is 0.454 e. The van der Waals surface area contributed by atoms with Gasteiger partial charge in [-0.3, -0.25) is 4.79 Å². The van der Waals surface area contributed by atoms with E-state index in [0.717, 1.165) is 11.3 Å². The fourth-order valence-electron chi connectivity index (χ4n) is 1.61. The number of hydrogen-bond acceptors (Lipinski definition) is 4. The van der Waals surface area contributed by atoms with Crippen LogP contribution in [0, 0.1) is 6.92 Å². The Morgan fingerprint density at radius 2 is 2.27 bits per heavy atom. The Bertz CT molecular complexity index is 401. The second-order valence-electron chi connectivity index (χ2n) is 3.48. The summed E-state index contributed by atoms with van der Waals surface area (Å²) in [6.07, 6.45) is 0. The molecule has 2 rings (SSSR count). The van der Waals surface area contributed by atoms with Crippen molar-refractivity contribution in [2.24, 2.45) is 0 Å². The van der Waals surface area contributed by atoms with Crippen LogP contribution in [0.4, 0.5) is 0 Å². The van der Waals surface area contributed by atoms with E-state index in [-0.39, 0.29) is 12.6 Å². The highest BCUT2D eigenvalue weighted by Crippen LogP contribution is 2.36. The van der Waals surface area contributed by atoms with Crippen molar-refractivity contribution in [3.05, 3.63) is 23.3 Å². The number of fused-ring (bicyclic) bond motifs is 1. The lowest BCUT2D eigenvalue weighted by molar-refractivity contribution is 0.0993. The molecule has 1 aromatic rings. The minimum absolute atomic E-state index is 0.0545. The summed E-state index contributed by atoms with van der Waals surface area (Å²) in [5, 5.41) is 2.83. The predicted octanol–water partition coefficient (Wildman–Crippen LogP) is 1.13. The number of carbonyl (C=O) groups excluding carboxylic acids is 1. The summed E-state index contributed by atoms with van der Waals surface area (Å²) in [7, 11) is 1.75. The standard InChI is InChI=1S/C11H13NO3/c1-7-3-8(9(13)5-12-2)4-10-11(7)15-6-14-10/h3-4,12H,5-6H2,1-2H3. The Balaban J connectivity index is 2.35. The second-order valence-corrected chi connectivity index (χ2v) is 3.48. The number of benzene rings is 1. The van der Waals surface area contributed by atoms with Gasteiger partial charge in [0, 0.05) is 5.56 Å². The van der Waals surface area contributed by atoms with Gasteiger partial charge in [0.15, 0.2) is 17.3 Å². The van der Waals surface area contributed by atoms with Gasteiger partial charge < -0.3 is 14.8 Å². The average Bonchev–Trinajstić information content (AvgIpc) is 2.66. The summed E-state index contributed by atoms with van der Waals surface area (Å²) in [4.78, 5) is 11.6. The molecule has 0 aromatic heterocycles. The van der Waals surface area contributed by atoms with Gasteiger partial charge >= 0.3 is 0 Å². The Labute approximate surface area is 88.2 Å². The molecule has 80 valence electrons. The number of ether oxygens (including phenoxy) is 2. The second kappa shape index (κ2) is 3.90. The smallest absolute Gasteiger partial charge is 0.231 e. The van der Waals surface area contributed by atoms with Gasteiger partial charge in [-0.05, 0) is 31.7 Å². The molecule has 1 aliphatic heterocycles. The third kappa shape index (κ3) is 1.80. The zero-order chi connectivity index (χ0) is 10.8. The summed E-state index contributed by atoms with van der Waals surface area (Å²) in [6, 6.07) is 3.56. The summed E-state index contributed by atoms with van der Waals surface area (Å²) in [5.41, 5.74) is 1.59. The van der Waals surface area contributed by atoms with Crippen LogP contribution in [-0.4, -0.2) is 26.2 Å². The van der Waals surface area contributed by atoms with Gasteiger partial charge in [0.05, 0.1) is 6.54 Å². The Kier molecular flexibility index (Phi) is 2.60. The summed E-state index contributed by atoms with van der Waals surface area (Å²) in [5.74, 6) is 1.46. The molecule has 1 aliphatic rings. The lowest BCUT2D eigenvalue weighted by atomic mass is 10.1. The molecule has 0 spiro atoms. The highest BCUT2D eigenvalue weighted by Gasteiger charge is 2.18. The van der Waals surface area contributed by atoms with Crippen molar-refractivity contribution < 1.29 is 14.3 Å². The van der Waals surface area contributed by atoms with Gasteiger partial charge in [-0.25, -0.2) is 0 Å². The van der Waals surface area contributed by atoms with Crippen molar-refractivity contribution in [1.82, 2.24) is 5.32 Å². The monoisotopic (exact) mass is 207 g/mol. The van der Waals surface area contributed by atoms with Crippen molar-refractivity contribution in [2.75, 3.05) is 20.4 Å². The number of likely N-dealkylation sites (N-methyl/N-ethyl adjacent to an activating group) is 1. The van der Waals surface area contributed by atoms with Crippen LogP contribution in [0.25, 0.3) is 0 Å².